The van der Waals surface area contributed by atoms with Gasteiger partial charge in [-0.2, -0.15) is 10.2 Å². The fraction of sp³-hybridized carbons (Fsp3) is 0.538. The first kappa shape index (κ1) is 11.3. The van der Waals surface area contributed by atoms with Gasteiger partial charge in [-0.1, -0.05) is 13.3 Å². The van der Waals surface area contributed by atoms with Crippen LogP contribution in [0.4, 0.5) is 5.82 Å². The van der Waals surface area contributed by atoms with E-state index in [-0.39, 0.29) is 0 Å². The van der Waals surface area contributed by atoms with E-state index in [9.17, 15) is 0 Å². The van der Waals surface area contributed by atoms with E-state index in [0.29, 0.717) is 6.04 Å². The molecule has 1 N–H and O–H groups in total. The third-order valence-electron chi connectivity index (χ3n) is 3.51. The Hall–Kier alpha value is -1.78. The van der Waals surface area contributed by atoms with Crippen LogP contribution in [-0.4, -0.2) is 26.1 Å². The lowest BCUT2D eigenvalue weighted by molar-refractivity contribution is 0.449. The Morgan fingerprint density at radius 2 is 2.39 bits per heavy atom. The van der Waals surface area contributed by atoms with E-state index in [2.05, 4.69) is 34.2 Å². The average molecular weight is 245 g/mol. The van der Waals surface area contributed by atoms with E-state index < -0.39 is 0 Å². The van der Waals surface area contributed by atoms with Crippen LogP contribution in [0.3, 0.4) is 0 Å². The van der Waals surface area contributed by atoms with Gasteiger partial charge in [0.2, 0.25) is 0 Å². The Kier molecular flexibility index (Phi) is 2.81. The SMILES string of the molecule is CCCc1cc2n(n1)C(c1ccnn1C)CCN2. The topological polar surface area (TPSA) is 47.7 Å². The van der Waals surface area contributed by atoms with E-state index in [4.69, 9.17) is 5.10 Å². The number of rotatable bonds is 3. The molecule has 0 fully saturated rings. The summed E-state index contributed by atoms with van der Waals surface area (Å²) in [5.41, 5.74) is 2.40. The van der Waals surface area contributed by atoms with E-state index in [1.807, 2.05) is 17.9 Å². The predicted octanol–water partition coefficient (Wildman–Crippen LogP) is 1.97. The minimum absolute atomic E-state index is 0.305. The van der Waals surface area contributed by atoms with Crippen molar-refractivity contribution >= 4 is 5.82 Å². The van der Waals surface area contributed by atoms with Crippen LogP contribution in [0, 0.1) is 0 Å². The summed E-state index contributed by atoms with van der Waals surface area (Å²) in [6.07, 6.45) is 5.08. The molecule has 2 aromatic heterocycles. The Morgan fingerprint density at radius 1 is 1.50 bits per heavy atom. The second-order valence-electron chi connectivity index (χ2n) is 4.83. The highest BCUT2D eigenvalue weighted by Crippen LogP contribution is 2.29. The summed E-state index contributed by atoms with van der Waals surface area (Å²) < 4.78 is 4.06. The highest BCUT2D eigenvalue weighted by Gasteiger charge is 2.24. The molecule has 5 heteroatoms. The van der Waals surface area contributed by atoms with Crippen LogP contribution in [0.25, 0.3) is 0 Å². The molecule has 2 aromatic rings. The van der Waals surface area contributed by atoms with Gasteiger partial charge in [0.15, 0.2) is 0 Å². The molecule has 0 amide bonds. The first-order valence-electron chi connectivity index (χ1n) is 6.59. The summed E-state index contributed by atoms with van der Waals surface area (Å²) in [4.78, 5) is 0. The summed E-state index contributed by atoms with van der Waals surface area (Å²) in [5.74, 6) is 1.14. The molecule has 3 rings (SSSR count). The number of hydrogen-bond acceptors (Lipinski definition) is 3. The van der Waals surface area contributed by atoms with Crippen molar-refractivity contribution in [2.45, 2.75) is 32.2 Å². The molecular formula is C13H19N5. The largest absolute Gasteiger partial charge is 0.370 e. The highest BCUT2D eigenvalue weighted by molar-refractivity contribution is 5.40. The molecule has 1 aliphatic rings. The highest BCUT2D eigenvalue weighted by atomic mass is 15.4. The molecule has 1 atom stereocenters. The molecule has 1 aliphatic heterocycles. The minimum atomic E-state index is 0.305. The maximum absolute atomic E-state index is 4.73. The molecule has 96 valence electrons. The van der Waals surface area contributed by atoms with Crippen molar-refractivity contribution in [1.82, 2.24) is 19.6 Å². The molecule has 0 aromatic carbocycles. The van der Waals surface area contributed by atoms with Gasteiger partial charge < -0.3 is 5.32 Å². The lowest BCUT2D eigenvalue weighted by Crippen LogP contribution is -2.25. The fourth-order valence-corrected chi connectivity index (χ4v) is 2.64. The standard InChI is InChI=1S/C13H19N5/c1-3-4-10-9-13-14-7-5-12(18(13)16-10)11-6-8-15-17(11)2/h6,8-9,12,14H,3-5,7H2,1-2H3. The summed E-state index contributed by atoms with van der Waals surface area (Å²) in [6.45, 7) is 3.18. The Bertz CT molecular complexity index is 539. The zero-order valence-electron chi connectivity index (χ0n) is 10.9. The lowest BCUT2D eigenvalue weighted by atomic mass is 10.1. The second kappa shape index (κ2) is 4.48. The monoisotopic (exact) mass is 245 g/mol. The van der Waals surface area contributed by atoms with E-state index in [1.165, 1.54) is 11.4 Å². The van der Waals surface area contributed by atoms with E-state index in [1.54, 1.807) is 0 Å². The van der Waals surface area contributed by atoms with Crippen molar-refractivity contribution in [3.63, 3.8) is 0 Å². The molecule has 0 bridgehead atoms. The first-order chi connectivity index (χ1) is 8.79. The molecule has 0 radical (unpaired) electrons. The van der Waals surface area contributed by atoms with Crippen molar-refractivity contribution in [2.75, 3.05) is 11.9 Å². The number of fused-ring (bicyclic) bond motifs is 1. The predicted molar refractivity (Wildman–Crippen MR) is 70.7 cm³/mol. The summed E-state index contributed by atoms with van der Waals surface area (Å²) in [5, 5.41) is 12.4. The quantitative estimate of drug-likeness (QED) is 0.899. The van der Waals surface area contributed by atoms with Crippen LogP contribution >= 0.6 is 0 Å². The van der Waals surface area contributed by atoms with Crippen LogP contribution in [0.2, 0.25) is 0 Å². The van der Waals surface area contributed by atoms with Gasteiger partial charge in [-0.05, 0) is 18.9 Å². The number of nitrogens with one attached hydrogen (secondary N) is 1. The van der Waals surface area contributed by atoms with Crippen LogP contribution in [0.15, 0.2) is 18.3 Å². The Balaban J connectivity index is 1.98. The van der Waals surface area contributed by atoms with Crippen LogP contribution in [0.1, 0.15) is 37.2 Å². The smallest absolute Gasteiger partial charge is 0.125 e. The molecule has 0 saturated carbocycles. The van der Waals surface area contributed by atoms with Gasteiger partial charge in [-0.25, -0.2) is 4.68 Å². The first-order valence-corrected chi connectivity index (χ1v) is 6.59. The van der Waals surface area contributed by atoms with E-state index in [0.717, 1.165) is 31.6 Å². The normalized spacial score (nSPS) is 18.4. The maximum Gasteiger partial charge on any atom is 0.125 e. The van der Waals surface area contributed by atoms with E-state index >= 15 is 0 Å². The molecule has 3 heterocycles. The second-order valence-corrected chi connectivity index (χ2v) is 4.83. The molecule has 0 aliphatic carbocycles. The summed E-state index contributed by atoms with van der Waals surface area (Å²) in [6, 6.07) is 4.56. The number of aryl methyl sites for hydroxylation is 2. The van der Waals surface area contributed by atoms with Gasteiger partial charge in [-0.3, -0.25) is 4.68 Å². The third-order valence-corrected chi connectivity index (χ3v) is 3.51. The zero-order chi connectivity index (χ0) is 12.5. The number of anilines is 1. The fourth-order valence-electron chi connectivity index (χ4n) is 2.64. The zero-order valence-corrected chi connectivity index (χ0v) is 10.9. The van der Waals surface area contributed by atoms with Crippen molar-refractivity contribution in [1.29, 1.82) is 0 Å². The van der Waals surface area contributed by atoms with Crippen molar-refractivity contribution < 1.29 is 0 Å². The maximum atomic E-state index is 4.73. The third kappa shape index (κ3) is 1.79. The van der Waals surface area contributed by atoms with Crippen molar-refractivity contribution in [3.8, 4) is 0 Å². The minimum Gasteiger partial charge on any atom is -0.370 e. The van der Waals surface area contributed by atoms with Crippen LogP contribution < -0.4 is 5.32 Å². The average Bonchev–Trinajstić information content (AvgIpc) is 2.94. The van der Waals surface area contributed by atoms with Gasteiger partial charge in [0.1, 0.15) is 5.82 Å². The number of hydrogen-bond donors (Lipinski definition) is 1. The molecule has 0 spiro atoms. The summed E-state index contributed by atoms with van der Waals surface area (Å²) >= 11 is 0. The molecule has 18 heavy (non-hydrogen) atoms. The summed E-state index contributed by atoms with van der Waals surface area (Å²) in [7, 11) is 1.99. The lowest BCUT2D eigenvalue weighted by Gasteiger charge is -2.25. The van der Waals surface area contributed by atoms with Crippen LogP contribution in [-0.2, 0) is 13.5 Å². The van der Waals surface area contributed by atoms with Crippen molar-refractivity contribution in [2.24, 2.45) is 7.05 Å². The van der Waals surface area contributed by atoms with Gasteiger partial charge in [-0.15, -0.1) is 0 Å². The number of aromatic nitrogens is 4. The number of nitrogens with zero attached hydrogens (tertiary/aromatic N) is 4. The molecule has 1 unspecified atom stereocenters. The van der Waals surface area contributed by atoms with Crippen LogP contribution in [0.5, 0.6) is 0 Å². The molecule has 5 nitrogen and oxygen atoms in total. The van der Waals surface area contributed by atoms with Gasteiger partial charge in [0, 0.05) is 25.9 Å². The Labute approximate surface area is 107 Å². The molecular weight excluding hydrogens is 226 g/mol. The van der Waals surface area contributed by atoms with Gasteiger partial charge in [0.05, 0.1) is 17.4 Å². The molecule has 0 saturated heterocycles. The van der Waals surface area contributed by atoms with Gasteiger partial charge in [0.25, 0.3) is 0 Å². The van der Waals surface area contributed by atoms with Crippen molar-refractivity contribution in [3.05, 3.63) is 29.7 Å². The van der Waals surface area contributed by atoms with Gasteiger partial charge >= 0.3 is 0 Å². The Morgan fingerprint density at radius 3 is 3.11 bits per heavy atom.